The third-order valence-electron chi connectivity index (χ3n) is 8.79. The monoisotopic (exact) mass is 891 g/mol. The Labute approximate surface area is 357 Å². The van der Waals surface area contributed by atoms with Gasteiger partial charge in [0.1, 0.15) is 47.9 Å². The van der Waals surface area contributed by atoms with Gasteiger partial charge in [0.05, 0.1) is 50.7 Å². The van der Waals surface area contributed by atoms with E-state index in [-0.39, 0.29) is 31.0 Å². The van der Waals surface area contributed by atoms with Crippen LogP contribution in [0.25, 0.3) is 22.3 Å². The second-order valence-corrected chi connectivity index (χ2v) is 19.2. The maximum atomic E-state index is 13.8. The van der Waals surface area contributed by atoms with Gasteiger partial charge in [-0.05, 0) is 61.8 Å². The molecule has 5 N–H and O–H groups in total. The van der Waals surface area contributed by atoms with Crippen molar-refractivity contribution in [2.45, 2.75) is 58.8 Å². The number of hydrogen-bond donors (Lipinski definition) is 3. The lowest BCUT2D eigenvalue weighted by Crippen LogP contribution is -2.29. The van der Waals surface area contributed by atoms with Crippen LogP contribution in [-0.4, -0.2) is 76.6 Å². The number of nitrogens with one attached hydrogen (secondary N) is 1. The summed E-state index contributed by atoms with van der Waals surface area (Å²) >= 11 is 5.96. The SMILES string of the molecule is C[C@H](Cn1cnc2c(N)ncnc21)OCP(=O)(Cl)Oc1ccccc1.C[C@H](Cn1cnc2c(N)ncnc21)OCP(=O)(NC[C@H](C)OCc1ccccc1)Oc1ccccc1. The molecule has 0 saturated heterocycles. The molecule has 5 atom stereocenters. The van der Waals surface area contributed by atoms with Crippen LogP contribution in [-0.2, 0) is 43.0 Å². The van der Waals surface area contributed by atoms with Gasteiger partial charge in [-0.2, -0.15) is 0 Å². The van der Waals surface area contributed by atoms with Crippen LogP contribution in [0.5, 0.6) is 11.5 Å². The van der Waals surface area contributed by atoms with E-state index in [0.29, 0.717) is 71.7 Å². The Hall–Kier alpha value is -5.45. The number of hydrogen-bond acceptors (Lipinski definition) is 15. The number of fused-ring (bicyclic) bond motifs is 2. The number of anilines is 2. The summed E-state index contributed by atoms with van der Waals surface area (Å²) in [4.78, 5) is 24.7. The molecule has 7 aromatic rings. The molecular weight excluding hydrogens is 844 g/mol. The fourth-order valence-corrected chi connectivity index (χ4v) is 8.71. The van der Waals surface area contributed by atoms with Gasteiger partial charge in [-0.1, -0.05) is 66.7 Å². The Morgan fingerprint density at radius 3 is 1.62 bits per heavy atom. The minimum Gasteiger partial charge on any atom is -0.431 e. The number of nitrogens with zero attached hydrogens (tertiary/aromatic N) is 8. The van der Waals surface area contributed by atoms with Gasteiger partial charge in [-0.15, -0.1) is 0 Å². The number of halogens is 1. The van der Waals surface area contributed by atoms with Crippen molar-refractivity contribution in [2.24, 2.45) is 0 Å². The molecule has 0 amide bonds. The third-order valence-corrected chi connectivity index (χ3v) is 11.9. The average molecular weight is 892 g/mol. The maximum absolute atomic E-state index is 13.8. The van der Waals surface area contributed by atoms with Crippen LogP contribution >= 0.6 is 25.5 Å². The first kappa shape index (κ1) is 45.1. The summed E-state index contributed by atoms with van der Waals surface area (Å²) in [6, 6.07) is 27.7. The number of imidazole rings is 2. The van der Waals surface area contributed by atoms with E-state index >= 15 is 0 Å². The molecule has 0 aliphatic rings. The zero-order valence-corrected chi connectivity index (χ0v) is 36.4. The van der Waals surface area contributed by atoms with Crippen LogP contribution in [0.1, 0.15) is 26.3 Å². The van der Waals surface area contributed by atoms with E-state index in [0.717, 1.165) is 5.56 Å². The number of ether oxygens (including phenoxy) is 3. The van der Waals surface area contributed by atoms with Gasteiger partial charge in [0.2, 0.25) is 0 Å². The zero-order chi connectivity index (χ0) is 43.2. The zero-order valence-electron chi connectivity index (χ0n) is 33.8. The molecule has 322 valence electrons. The quantitative estimate of drug-likeness (QED) is 0.0628. The van der Waals surface area contributed by atoms with Crippen LogP contribution in [0.15, 0.2) is 116 Å². The summed E-state index contributed by atoms with van der Waals surface area (Å²) in [5, 5.41) is 3.06. The van der Waals surface area contributed by atoms with Gasteiger partial charge in [0, 0.05) is 6.54 Å². The number of nitrogens with two attached hydrogens (primary N) is 2. The standard InChI is InChI=1S/C25H31N6O4P.C15H17ClN5O3P/c1-19(33-15-21-9-5-3-6-10-21)13-30-36(32,35-22-11-7-4-8-12-22)18-34-20(2)14-31-17-29-23-24(26)27-16-28-25(23)31;1-11(7-21-9-20-13-14(17)18-8-19-15(13)21)23-10-25(16,22)24-12-5-3-2-4-6-12/h3-12,16-17,19-20H,13-15,18H2,1-2H3,(H,30,32)(H2,26,27,28);2-6,8-9,11H,7,10H2,1H3,(H2,17,18,19)/t19-,20+,36?;11-,25?/m01/s1. The van der Waals surface area contributed by atoms with Crippen molar-refractivity contribution in [1.29, 1.82) is 0 Å². The molecule has 61 heavy (non-hydrogen) atoms. The van der Waals surface area contributed by atoms with E-state index in [2.05, 4.69) is 35.0 Å². The lowest BCUT2D eigenvalue weighted by atomic mass is 10.2. The van der Waals surface area contributed by atoms with Crippen molar-refractivity contribution in [3.63, 3.8) is 0 Å². The molecule has 4 heterocycles. The highest BCUT2D eigenvalue weighted by Gasteiger charge is 2.28. The van der Waals surface area contributed by atoms with Gasteiger partial charge in [0.25, 0.3) is 0 Å². The largest absolute Gasteiger partial charge is 0.431 e. The molecule has 7 rings (SSSR count). The summed E-state index contributed by atoms with van der Waals surface area (Å²) in [6.07, 6.45) is 4.89. The summed E-state index contributed by atoms with van der Waals surface area (Å²) in [7, 11) is -3.41. The number of rotatable bonds is 20. The summed E-state index contributed by atoms with van der Waals surface area (Å²) in [5.41, 5.74) is 15.0. The van der Waals surface area contributed by atoms with Crippen molar-refractivity contribution in [3.8, 4) is 11.5 Å². The lowest BCUT2D eigenvalue weighted by molar-refractivity contribution is 0.0547. The van der Waals surface area contributed by atoms with E-state index in [1.807, 2.05) is 79.9 Å². The predicted molar refractivity (Wildman–Crippen MR) is 234 cm³/mol. The summed E-state index contributed by atoms with van der Waals surface area (Å²) < 4.78 is 58.4. The summed E-state index contributed by atoms with van der Waals surface area (Å²) in [6.45, 7) is 3.87. The molecule has 2 unspecified atom stereocenters. The molecular formula is C40H48ClN11O7P2. The number of para-hydroxylation sites is 2. The molecule has 0 spiro atoms. The van der Waals surface area contributed by atoms with Crippen molar-refractivity contribution >= 4 is 59.4 Å². The molecule has 0 fully saturated rings. The maximum Gasteiger partial charge on any atom is 0.361 e. The van der Waals surface area contributed by atoms with Crippen molar-refractivity contribution in [1.82, 2.24) is 44.1 Å². The minimum absolute atomic E-state index is 0.127. The Morgan fingerprint density at radius 1 is 0.623 bits per heavy atom. The second kappa shape index (κ2) is 21.4. The third kappa shape index (κ3) is 13.5. The van der Waals surface area contributed by atoms with Crippen molar-refractivity contribution in [2.75, 3.05) is 30.7 Å². The van der Waals surface area contributed by atoms with Gasteiger partial charge in [-0.3, -0.25) is 9.13 Å². The first-order chi connectivity index (χ1) is 29.4. The first-order valence-electron chi connectivity index (χ1n) is 19.2. The molecule has 0 saturated carbocycles. The number of aromatic nitrogens is 8. The van der Waals surface area contributed by atoms with Gasteiger partial charge in [0.15, 0.2) is 22.9 Å². The van der Waals surface area contributed by atoms with Crippen LogP contribution in [0.4, 0.5) is 11.6 Å². The highest BCUT2D eigenvalue weighted by Crippen LogP contribution is 2.52. The smallest absolute Gasteiger partial charge is 0.361 e. The fraction of sp³-hybridized carbons (Fsp3) is 0.300. The Morgan fingerprint density at radius 2 is 1.10 bits per heavy atom. The second-order valence-electron chi connectivity index (χ2n) is 13.9. The Kier molecular flexibility index (Phi) is 15.8. The highest BCUT2D eigenvalue weighted by atomic mass is 35.7. The van der Waals surface area contributed by atoms with Gasteiger partial charge >= 0.3 is 14.2 Å². The van der Waals surface area contributed by atoms with Crippen molar-refractivity contribution in [3.05, 3.63) is 122 Å². The van der Waals surface area contributed by atoms with Crippen molar-refractivity contribution < 1.29 is 32.4 Å². The molecule has 0 aliphatic heterocycles. The van der Waals surface area contributed by atoms with Gasteiger partial charge < -0.3 is 43.9 Å². The van der Waals surface area contributed by atoms with Crippen LogP contribution in [0.3, 0.4) is 0 Å². The van der Waals surface area contributed by atoms with Crippen LogP contribution in [0.2, 0.25) is 0 Å². The van der Waals surface area contributed by atoms with E-state index in [1.54, 1.807) is 53.6 Å². The molecule has 3 aromatic carbocycles. The number of nitrogen functional groups attached to an aromatic ring is 2. The van der Waals surface area contributed by atoms with Crippen LogP contribution in [0, 0.1) is 0 Å². The summed E-state index contributed by atoms with van der Waals surface area (Å²) in [5.74, 6) is 1.57. The molecule has 0 radical (unpaired) electrons. The van der Waals surface area contributed by atoms with E-state index in [9.17, 15) is 9.13 Å². The highest BCUT2D eigenvalue weighted by molar-refractivity contribution is 7.85. The number of benzene rings is 3. The Bertz CT molecular complexity index is 2540. The predicted octanol–water partition coefficient (Wildman–Crippen LogP) is 7.52. The van der Waals surface area contributed by atoms with E-state index in [1.165, 1.54) is 12.7 Å². The first-order valence-corrected chi connectivity index (χ1v) is 23.7. The Balaban J connectivity index is 0.000000218. The minimum atomic E-state index is -3.43. The van der Waals surface area contributed by atoms with Gasteiger partial charge in [-0.25, -0.2) is 35.0 Å². The lowest BCUT2D eigenvalue weighted by Gasteiger charge is -2.24. The van der Waals surface area contributed by atoms with Crippen LogP contribution < -0.4 is 25.6 Å². The molecule has 21 heteroatoms. The average Bonchev–Trinajstić information content (AvgIpc) is 3.87. The fourth-order valence-electron chi connectivity index (χ4n) is 5.73. The molecule has 0 bridgehead atoms. The normalized spacial score (nSPS) is 14.9. The van der Waals surface area contributed by atoms with E-state index < -0.39 is 14.2 Å². The molecule has 0 aliphatic carbocycles. The topological polar surface area (TPSA) is 232 Å². The molecule has 4 aromatic heterocycles. The van der Waals surface area contributed by atoms with E-state index in [4.69, 9.17) is 46.0 Å². The molecule has 18 nitrogen and oxygen atoms in total.